The fourth-order valence-corrected chi connectivity index (χ4v) is 3.85. The van der Waals surface area contributed by atoms with Crippen LogP contribution < -0.4 is 10.6 Å². The van der Waals surface area contributed by atoms with Crippen molar-refractivity contribution in [2.24, 2.45) is 0 Å². The number of anilines is 2. The first-order valence-electron chi connectivity index (χ1n) is 7.28. The molecule has 0 radical (unpaired) electrons. The van der Waals surface area contributed by atoms with Gasteiger partial charge in [0.05, 0.1) is 17.3 Å². The second-order valence-electron chi connectivity index (χ2n) is 4.85. The molecule has 2 aromatic rings. The molecule has 1 aromatic carbocycles. The summed E-state index contributed by atoms with van der Waals surface area (Å²) in [6, 6.07) is 5.89. The van der Waals surface area contributed by atoms with Crippen LogP contribution in [0.1, 0.15) is 6.92 Å². The molecule has 2 amide bonds. The number of nitrogens with one attached hydrogen (secondary N) is 2. The second kappa shape index (κ2) is 8.96. The third-order valence-electron chi connectivity index (χ3n) is 2.78. The molecule has 0 fully saturated rings. The minimum atomic E-state index is -3.27. The monoisotopic (exact) mass is 416 g/mol. The lowest BCUT2D eigenvalue weighted by Gasteiger charge is -2.05. The van der Waals surface area contributed by atoms with Crippen LogP contribution in [0.15, 0.2) is 33.5 Å². The Morgan fingerprint density at radius 3 is 2.50 bits per heavy atom. The number of hydrogen-bond donors (Lipinski definition) is 2. The summed E-state index contributed by atoms with van der Waals surface area (Å²) in [5.41, 5.74) is 0.491. The maximum absolute atomic E-state index is 12.0. The average Bonchev–Trinajstić information content (AvgIpc) is 3.00. The van der Waals surface area contributed by atoms with E-state index in [-0.39, 0.29) is 28.3 Å². The summed E-state index contributed by atoms with van der Waals surface area (Å²) in [6.07, 6.45) is 0.500. The Bertz CT molecular complexity index is 880. The molecule has 0 unspecified atom stereocenters. The van der Waals surface area contributed by atoms with Crippen molar-refractivity contribution < 1.29 is 22.7 Å². The molecule has 0 aliphatic heterocycles. The molecule has 26 heavy (non-hydrogen) atoms. The van der Waals surface area contributed by atoms with Crippen LogP contribution in [0, 0.1) is 0 Å². The average molecular weight is 417 g/mol. The van der Waals surface area contributed by atoms with E-state index >= 15 is 0 Å². The van der Waals surface area contributed by atoms with E-state index in [0.717, 1.165) is 29.4 Å². The van der Waals surface area contributed by atoms with Gasteiger partial charge in [0.2, 0.25) is 11.0 Å². The number of ether oxygens (including phenoxy) is 1. The third-order valence-corrected chi connectivity index (χ3v) is 5.88. The van der Waals surface area contributed by atoms with Gasteiger partial charge in [-0.15, -0.1) is 10.2 Å². The predicted molar refractivity (Wildman–Crippen MR) is 99.5 cm³/mol. The Labute approximate surface area is 158 Å². The Morgan fingerprint density at radius 2 is 1.88 bits per heavy atom. The van der Waals surface area contributed by atoms with Gasteiger partial charge in [0.25, 0.3) is 0 Å². The van der Waals surface area contributed by atoms with Gasteiger partial charge in [0.1, 0.15) is 0 Å². The molecule has 0 saturated heterocycles. The van der Waals surface area contributed by atoms with Gasteiger partial charge in [0.15, 0.2) is 14.2 Å². The summed E-state index contributed by atoms with van der Waals surface area (Å²) >= 11 is 2.28. The van der Waals surface area contributed by atoms with Crippen LogP contribution in [0.2, 0.25) is 0 Å². The van der Waals surface area contributed by atoms with Crippen LogP contribution in [0.4, 0.5) is 15.6 Å². The molecule has 0 saturated carbocycles. The van der Waals surface area contributed by atoms with Gasteiger partial charge in [-0.3, -0.25) is 10.1 Å². The fraction of sp³-hybridized carbons (Fsp3) is 0.286. The number of benzene rings is 1. The van der Waals surface area contributed by atoms with E-state index in [1.807, 2.05) is 0 Å². The molecule has 0 atom stereocenters. The number of aromatic nitrogens is 2. The number of sulfone groups is 1. The number of rotatable bonds is 7. The van der Waals surface area contributed by atoms with Crippen molar-refractivity contribution in [1.82, 2.24) is 10.2 Å². The molecule has 0 spiro atoms. The number of carbonyl (C=O) groups is 2. The van der Waals surface area contributed by atoms with Gasteiger partial charge in [-0.2, -0.15) is 0 Å². The summed E-state index contributed by atoms with van der Waals surface area (Å²) in [7, 11) is -3.27. The Kier molecular flexibility index (Phi) is 6.94. The lowest BCUT2D eigenvalue weighted by Crippen LogP contribution is -2.14. The summed E-state index contributed by atoms with van der Waals surface area (Å²) in [4.78, 5) is 23.4. The number of nitrogens with zero attached hydrogens (tertiary/aromatic N) is 2. The Morgan fingerprint density at radius 1 is 1.19 bits per heavy atom. The summed E-state index contributed by atoms with van der Waals surface area (Å²) in [5, 5.41) is 13.0. The third kappa shape index (κ3) is 6.28. The number of carbonyl (C=O) groups excluding carboxylic acids is 2. The molecule has 140 valence electrons. The smallest absolute Gasteiger partial charge is 0.413 e. The minimum Gasteiger partial charge on any atom is -0.450 e. The quantitative estimate of drug-likeness (QED) is 0.520. The van der Waals surface area contributed by atoms with Gasteiger partial charge in [-0.25, -0.2) is 13.2 Å². The lowest BCUT2D eigenvalue weighted by atomic mass is 10.3. The molecule has 0 bridgehead atoms. The first-order chi connectivity index (χ1) is 12.3. The van der Waals surface area contributed by atoms with Gasteiger partial charge in [0, 0.05) is 11.9 Å². The summed E-state index contributed by atoms with van der Waals surface area (Å²) in [6.45, 7) is 1.94. The first kappa shape index (κ1) is 20.1. The molecule has 9 nitrogen and oxygen atoms in total. The van der Waals surface area contributed by atoms with E-state index in [1.54, 1.807) is 6.92 Å². The van der Waals surface area contributed by atoms with E-state index in [2.05, 4.69) is 20.8 Å². The highest BCUT2D eigenvalue weighted by Gasteiger charge is 2.11. The van der Waals surface area contributed by atoms with Crippen LogP contribution >= 0.6 is 23.1 Å². The first-order valence-corrected chi connectivity index (χ1v) is 11.0. The van der Waals surface area contributed by atoms with E-state index in [4.69, 9.17) is 4.74 Å². The fourth-order valence-electron chi connectivity index (χ4n) is 1.68. The van der Waals surface area contributed by atoms with Crippen LogP contribution in [0.3, 0.4) is 0 Å². The molecular formula is C14H16N4O5S3. The van der Waals surface area contributed by atoms with Crippen molar-refractivity contribution in [3.63, 3.8) is 0 Å². The highest BCUT2D eigenvalue weighted by atomic mass is 32.2. The Hall–Kier alpha value is -2.18. The van der Waals surface area contributed by atoms with Crippen molar-refractivity contribution in [3.05, 3.63) is 24.3 Å². The predicted octanol–water partition coefficient (Wildman–Crippen LogP) is 2.24. The largest absolute Gasteiger partial charge is 0.450 e. The molecular weight excluding hydrogens is 400 g/mol. The van der Waals surface area contributed by atoms with Crippen molar-refractivity contribution in [1.29, 1.82) is 0 Å². The zero-order chi connectivity index (χ0) is 19.2. The van der Waals surface area contributed by atoms with Gasteiger partial charge in [-0.05, 0) is 31.2 Å². The highest BCUT2D eigenvalue weighted by Crippen LogP contribution is 2.25. The number of hydrogen-bond acceptors (Lipinski definition) is 9. The Balaban J connectivity index is 1.83. The van der Waals surface area contributed by atoms with Crippen molar-refractivity contribution in [2.45, 2.75) is 16.2 Å². The zero-order valence-corrected chi connectivity index (χ0v) is 16.3. The molecule has 1 heterocycles. The minimum absolute atomic E-state index is 0.0852. The zero-order valence-electron chi connectivity index (χ0n) is 13.9. The standard InChI is InChI=1S/C14H16N4O5S3/c1-3-23-13(20)16-12-17-18-14(25-12)24-8-11(19)15-9-4-6-10(7-5-9)26(2,21)22/h4-7H,3,8H2,1-2H3,(H,15,19)(H,16,17,20). The van der Waals surface area contributed by atoms with E-state index in [0.29, 0.717) is 10.0 Å². The van der Waals surface area contributed by atoms with Crippen LogP contribution in [-0.2, 0) is 19.4 Å². The maximum atomic E-state index is 12.0. The molecule has 1 aromatic heterocycles. The van der Waals surface area contributed by atoms with E-state index in [9.17, 15) is 18.0 Å². The van der Waals surface area contributed by atoms with Crippen molar-refractivity contribution in [2.75, 3.05) is 29.2 Å². The van der Waals surface area contributed by atoms with Crippen LogP contribution in [-0.4, -0.2) is 49.2 Å². The van der Waals surface area contributed by atoms with Crippen molar-refractivity contribution >= 4 is 55.8 Å². The topological polar surface area (TPSA) is 127 Å². The molecule has 0 aliphatic carbocycles. The van der Waals surface area contributed by atoms with Gasteiger partial charge in [-0.1, -0.05) is 23.1 Å². The molecule has 2 rings (SSSR count). The summed E-state index contributed by atoms with van der Waals surface area (Å²) in [5.74, 6) is -0.195. The van der Waals surface area contributed by atoms with Crippen LogP contribution in [0.5, 0.6) is 0 Å². The second-order valence-corrected chi connectivity index (χ2v) is 9.07. The molecule has 12 heteroatoms. The van der Waals surface area contributed by atoms with E-state index in [1.165, 1.54) is 24.3 Å². The van der Waals surface area contributed by atoms with Gasteiger partial charge >= 0.3 is 6.09 Å². The summed E-state index contributed by atoms with van der Waals surface area (Å²) < 4.78 is 28.0. The number of thioether (sulfide) groups is 1. The van der Waals surface area contributed by atoms with Crippen LogP contribution in [0.25, 0.3) is 0 Å². The molecule has 0 aliphatic rings. The number of amides is 2. The highest BCUT2D eigenvalue weighted by molar-refractivity contribution is 8.01. The SMILES string of the molecule is CCOC(=O)Nc1nnc(SCC(=O)Nc2ccc(S(C)(=O)=O)cc2)s1. The van der Waals surface area contributed by atoms with Gasteiger partial charge < -0.3 is 10.1 Å². The van der Waals surface area contributed by atoms with E-state index < -0.39 is 15.9 Å². The van der Waals surface area contributed by atoms with Crippen molar-refractivity contribution in [3.8, 4) is 0 Å². The molecule has 2 N–H and O–H groups in total. The maximum Gasteiger partial charge on any atom is 0.413 e. The normalized spacial score (nSPS) is 11.0. The lowest BCUT2D eigenvalue weighted by molar-refractivity contribution is -0.113.